The van der Waals surface area contributed by atoms with Crippen LogP contribution in [-0.2, 0) is 11.3 Å². The first-order chi connectivity index (χ1) is 9.70. The van der Waals surface area contributed by atoms with E-state index in [2.05, 4.69) is 21.0 Å². The quantitative estimate of drug-likeness (QED) is 0.888. The van der Waals surface area contributed by atoms with Crippen molar-refractivity contribution in [1.82, 2.24) is 10.3 Å². The van der Waals surface area contributed by atoms with Gasteiger partial charge in [-0.25, -0.2) is 4.98 Å². The molecule has 3 rings (SSSR count). The average molecular weight is 287 g/mol. The van der Waals surface area contributed by atoms with Crippen molar-refractivity contribution in [1.29, 1.82) is 0 Å². The summed E-state index contributed by atoms with van der Waals surface area (Å²) in [5.41, 5.74) is 3.21. The van der Waals surface area contributed by atoms with Gasteiger partial charge in [-0.1, -0.05) is 24.3 Å². The van der Waals surface area contributed by atoms with Crippen molar-refractivity contribution >= 4 is 22.4 Å². The highest BCUT2D eigenvalue weighted by atomic mass is 32.1. The van der Waals surface area contributed by atoms with E-state index in [4.69, 9.17) is 0 Å². The molecule has 1 aliphatic rings. The number of carbonyl (C=O) groups excluding carboxylic acids is 1. The average Bonchev–Trinajstić information content (AvgIpc) is 3.13. The molecule has 5 heteroatoms. The van der Waals surface area contributed by atoms with Gasteiger partial charge in [-0.3, -0.25) is 4.79 Å². The molecule has 1 aromatic carbocycles. The Labute approximate surface area is 122 Å². The Morgan fingerprint density at radius 2 is 2.10 bits per heavy atom. The Morgan fingerprint density at radius 1 is 1.35 bits per heavy atom. The van der Waals surface area contributed by atoms with Crippen LogP contribution in [0.1, 0.15) is 25.3 Å². The lowest BCUT2D eigenvalue weighted by Gasteiger charge is -2.03. The Hall–Kier alpha value is -1.88. The lowest BCUT2D eigenvalue weighted by Crippen LogP contribution is -2.18. The second kappa shape index (κ2) is 5.63. The Balaban J connectivity index is 1.66. The van der Waals surface area contributed by atoms with Crippen molar-refractivity contribution < 1.29 is 4.79 Å². The first kappa shape index (κ1) is 13.1. The lowest BCUT2D eigenvalue weighted by molar-refractivity contribution is -0.119. The monoisotopic (exact) mass is 287 g/mol. The number of carbonyl (C=O) groups is 1. The minimum absolute atomic E-state index is 0.00984. The number of hydrogen-bond acceptors (Lipinski definition) is 4. The molecule has 0 radical (unpaired) electrons. The zero-order chi connectivity index (χ0) is 13.9. The molecule has 1 amide bonds. The van der Waals surface area contributed by atoms with Crippen LogP contribution in [0.25, 0.3) is 11.3 Å². The summed E-state index contributed by atoms with van der Waals surface area (Å²) < 4.78 is 0. The van der Waals surface area contributed by atoms with Gasteiger partial charge in [-0.05, 0) is 18.4 Å². The van der Waals surface area contributed by atoms with Gasteiger partial charge < -0.3 is 10.6 Å². The number of nitrogens with one attached hydrogen (secondary N) is 2. The topological polar surface area (TPSA) is 54.0 Å². The van der Waals surface area contributed by atoms with E-state index < -0.39 is 0 Å². The molecule has 4 nitrogen and oxygen atoms in total. The number of nitrogens with zero attached hydrogens (tertiary/aromatic N) is 1. The third-order valence-electron chi connectivity index (χ3n) is 3.20. The van der Waals surface area contributed by atoms with Crippen LogP contribution in [0.5, 0.6) is 0 Å². The highest BCUT2D eigenvalue weighted by Gasteiger charge is 2.22. The fourth-order valence-electron chi connectivity index (χ4n) is 1.89. The summed E-state index contributed by atoms with van der Waals surface area (Å²) >= 11 is 1.65. The molecule has 0 spiro atoms. The summed E-state index contributed by atoms with van der Waals surface area (Å²) in [6, 6.07) is 8.78. The molecule has 0 bridgehead atoms. The minimum Gasteiger partial charge on any atom is -0.359 e. The molecule has 0 saturated heterocycles. The van der Waals surface area contributed by atoms with E-state index >= 15 is 0 Å². The third kappa shape index (κ3) is 3.36. The molecule has 1 aliphatic carbocycles. The summed E-state index contributed by atoms with van der Waals surface area (Å²) in [7, 11) is 0. The van der Waals surface area contributed by atoms with Crippen LogP contribution in [-0.4, -0.2) is 16.9 Å². The third-order valence-corrected chi connectivity index (χ3v) is 3.97. The predicted octanol–water partition coefficient (Wildman–Crippen LogP) is 3.02. The number of anilines is 1. The summed E-state index contributed by atoms with van der Waals surface area (Å²) in [5, 5.41) is 9.28. The number of amides is 1. The van der Waals surface area contributed by atoms with Crippen LogP contribution in [0, 0.1) is 0 Å². The maximum absolute atomic E-state index is 10.9. The van der Waals surface area contributed by atoms with Gasteiger partial charge in [0.15, 0.2) is 5.13 Å². The largest absolute Gasteiger partial charge is 0.359 e. The van der Waals surface area contributed by atoms with Gasteiger partial charge >= 0.3 is 0 Å². The molecule has 1 heterocycles. The summed E-state index contributed by atoms with van der Waals surface area (Å²) in [4.78, 5) is 15.5. The molecule has 104 valence electrons. The van der Waals surface area contributed by atoms with Gasteiger partial charge in [-0.2, -0.15) is 0 Å². The second-order valence-electron chi connectivity index (χ2n) is 5.06. The van der Waals surface area contributed by atoms with Crippen molar-refractivity contribution in [2.24, 2.45) is 0 Å². The SMILES string of the molecule is CC(=O)NCc1ccc(-c2csc(NC3CC3)n2)cc1. The van der Waals surface area contributed by atoms with Crippen LogP contribution in [0.15, 0.2) is 29.6 Å². The number of thiazole rings is 1. The minimum atomic E-state index is -0.00984. The normalized spacial score (nSPS) is 14.1. The Kier molecular flexibility index (Phi) is 3.69. The van der Waals surface area contributed by atoms with E-state index in [1.807, 2.05) is 24.3 Å². The fourth-order valence-corrected chi connectivity index (χ4v) is 2.69. The maximum atomic E-state index is 10.9. The molecule has 2 N–H and O–H groups in total. The number of rotatable bonds is 5. The Bertz CT molecular complexity index is 602. The van der Waals surface area contributed by atoms with Gasteiger partial charge in [-0.15, -0.1) is 11.3 Å². The van der Waals surface area contributed by atoms with Crippen LogP contribution in [0.2, 0.25) is 0 Å². The molecular formula is C15H17N3OS. The van der Waals surface area contributed by atoms with E-state index in [-0.39, 0.29) is 5.91 Å². The van der Waals surface area contributed by atoms with Crippen LogP contribution in [0.3, 0.4) is 0 Å². The zero-order valence-electron chi connectivity index (χ0n) is 11.3. The van der Waals surface area contributed by atoms with Crippen LogP contribution < -0.4 is 10.6 Å². The number of benzene rings is 1. The van der Waals surface area contributed by atoms with E-state index in [1.54, 1.807) is 11.3 Å². The molecule has 2 aromatic rings. The van der Waals surface area contributed by atoms with Gasteiger partial charge in [0.1, 0.15) is 0 Å². The fraction of sp³-hybridized carbons (Fsp3) is 0.333. The van der Waals surface area contributed by atoms with Gasteiger partial charge in [0.2, 0.25) is 5.91 Å². The summed E-state index contributed by atoms with van der Waals surface area (Å²) in [5.74, 6) is -0.00984. The molecule has 0 aliphatic heterocycles. The van der Waals surface area contributed by atoms with Gasteiger partial charge in [0.25, 0.3) is 0 Å². The van der Waals surface area contributed by atoms with Crippen molar-refractivity contribution in [3.05, 3.63) is 35.2 Å². The maximum Gasteiger partial charge on any atom is 0.217 e. The van der Waals surface area contributed by atoms with Gasteiger partial charge in [0.05, 0.1) is 5.69 Å². The van der Waals surface area contributed by atoms with Crippen LogP contribution >= 0.6 is 11.3 Å². The number of hydrogen-bond donors (Lipinski definition) is 2. The molecular weight excluding hydrogens is 270 g/mol. The van der Waals surface area contributed by atoms with E-state index in [0.717, 1.165) is 22.0 Å². The van der Waals surface area contributed by atoms with Crippen molar-refractivity contribution in [3.8, 4) is 11.3 Å². The first-order valence-electron chi connectivity index (χ1n) is 6.76. The smallest absolute Gasteiger partial charge is 0.217 e. The molecule has 0 unspecified atom stereocenters. The number of aromatic nitrogens is 1. The van der Waals surface area contributed by atoms with Crippen LogP contribution in [0.4, 0.5) is 5.13 Å². The summed E-state index contributed by atoms with van der Waals surface area (Å²) in [6.45, 7) is 2.10. The second-order valence-corrected chi connectivity index (χ2v) is 5.92. The molecule has 1 aromatic heterocycles. The van der Waals surface area contributed by atoms with Gasteiger partial charge in [0, 0.05) is 30.5 Å². The summed E-state index contributed by atoms with van der Waals surface area (Å²) in [6.07, 6.45) is 2.51. The Morgan fingerprint density at radius 3 is 2.75 bits per heavy atom. The van der Waals surface area contributed by atoms with E-state index in [1.165, 1.54) is 19.8 Å². The van der Waals surface area contributed by atoms with E-state index in [9.17, 15) is 4.79 Å². The molecule has 1 fully saturated rings. The zero-order valence-corrected chi connectivity index (χ0v) is 12.2. The lowest BCUT2D eigenvalue weighted by atomic mass is 10.1. The van der Waals surface area contributed by atoms with Crippen molar-refractivity contribution in [3.63, 3.8) is 0 Å². The molecule has 1 saturated carbocycles. The highest BCUT2D eigenvalue weighted by Crippen LogP contribution is 2.29. The van der Waals surface area contributed by atoms with Crippen molar-refractivity contribution in [2.45, 2.75) is 32.4 Å². The van der Waals surface area contributed by atoms with E-state index in [0.29, 0.717) is 12.6 Å². The predicted molar refractivity (Wildman–Crippen MR) is 81.7 cm³/mol. The standard InChI is InChI=1S/C15H17N3OS/c1-10(19)16-8-11-2-4-12(5-3-11)14-9-20-15(18-14)17-13-6-7-13/h2-5,9,13H,6-8H2,1H3,(H,16,19)(H,17,18). The first-order valence-corrected chi connectivity index (χ1v) is 7.64. The molecule has 0 atom stereocenters. The highest BCUT2D eigenvalue weighted by molar-refractivity contribution is 7.14. The van der Waals surface area contributed by atoms with Crippen molar-refractivity contribution in [2.75, 3.05) is 5.32 Å². The molecule has 20 heavy (non-hydrogen) atoms.